The first kappa shape index (κ1) is 16.4. The predicted molar refractivity (Wildman–Crippen MR) is 69.3 cm³/mol. The van der Waals surface area contributed by atoms with Gasteiger partial charge in [0.05, 0.1) is 19.6 Å². The average Bonchev–Trinajstić information content (AvgIpc) is 2.31. The molecule has 0 heterocycles. The summed E-state index contributed by atoms with van der Waals surface area (Å²) in [6, 6.07) is 0.632. The summed E-state index contributed by atoms with van der Waals surface area (Å²) >= 11 is 0. The summed E-state index contributed by atoms with van der Waals surface area (Å²) < 4.78 is 5.33. The summed E-state index contributed by atoms with van der Waals surface area (Å²) in [5.74, 6) is -0.797. The minimum Gasteiger partial charge on any atom is -0.481 e. The third-order valence-electron chi connectivity index (χ3n) is 3.00. The zero-order valence-electron chi connectivity index (χ0n) is 11.4. The first-order valence-electron chi connectivity index (χ1n) is 6.69. The molecule has 0 aliphatic heterocycles. The molecule has 0 radical (unpaired) electrons. The quantitative estimate of drug-likeness (QED) is 0.568. The predicted octanol–water partition coefficient (Wildman–Crippen LogP) is 2.38. The lowest BCUT2D eigenvalue weighted by atomic mass is 10.1. The largest absolute Gasteiger partial charge is 0.481 e. The highest BCUT2D eigenvalue weighted by Crippen LogP contribution is 2.10. The van der Waals surface area contributed by atoms with Gasteiger partial charge in [-0.15, -0.1) is 0 Å². The molecular formula is C13H27NO3. The van der Waals surface area contributed by atoms with Crippen LogP contribution in [0.25, 0.3) is 0 Å². The fourth-order valence-corrected chi connectivity index (χ4v) is 2.02. The SMILES string of the molecule is CCCC(CC)N(CC)CCOCCC(=O)O. The lowest BCUT2D eigenvalue weighted by molar-refractivity contribution is -0.138. The van der Waals surface area contributed by atoms with E-state index >= 15 is 0 Å². The van der Waals surface area contributed by atoms with E-state index in [2.05, 4.69) is 25.7 Å². The van der Waals surface area contributed by atoms with Gasteiger partial charge >= 0.3 is 5.97 Å². The minimum absolute atomic E-state index is 0.0955. The smallest absolute Gasteiger partial charge is 0.305 e. The molecule has 1 unspecified atom stereocenters. The van der Waals surface area contributed by atoms with Crippen molar-refractivity contribution in [1.29, 1.82) is 0 Å². The standard InChI is InChI=1S/C13H27NO3/c1-4-7-12(5-2)14(6-3)9-11-17-10-8-13(15)16/h12H,4-11H2,1-3H3,(H,15,16). The topological polar surface area (TPSA) is 49.8 Å². The molecule has 1 atom stereocenters. The van der Waals surface area contributed by atoms with Gasteiger partial charge in [-0.05, 0) is 19.4 Å². The monoisotopic (exact) mass is 245 g/mol. The van der Waals surface area contributed by atoms with Crippen LogP contribution in [-0.2, 0) is 9.53 Å². The van der Waals surface area contributed by atoms with Gasteiger partial charge in [0.25, 0.3) is 0 Å². The molecule has 0 aromatic heterocycles. The number of rotatable bonds is 11. The Morgan fingerprint density at radius 2 is 2.00 bits per heavy atom. The number of ether oxygens (including phenoxy) is 1. The summed E-state index contributed by atoms with van der Waals surface area (Å²) in [4.78, 5) is 12.7. The van der Waals surface area contributed by atoms with Gasteiger partial charge in [-0.3, -0.25) is 9.69 Å². The fraction of sp³-hybridized carbons (Fsp3) is 0.923. The third kappa shape index (κ3) is 8.16. The number of carbonyl (C=O) groups is 1. The van der Waals surface area contributed by atoms with Gasteiger partial charge in [-0.2, -0.15) is 0 Å². The number of carboxylic acid groups (broad SMARTS) is 1. The van der Waals surface area contributed by atoms with Gasteiger partial charge in [-0.25, -0.2) is 0 Å². The van der Waals surface area contributed by atoms with Crippen LogP contribution in [0.5, 0.6) is 0 Å². The van der Waals surface area contributed by atoms with E-state index < -0.39 is 5.97 Å². The van der Waals surface area contributed by atoms with Gasteiger partial charge in [0.15, 0.2) is 0 Å². The van der Waals surface area contributed by atoms with Gasteiger partial charge in [0.1, 0.15) is 0 Å². The lowest BCUT2D eigenvalue weighted by Gasteiger charge is -2.29. The first-order chi connectivity index (χ1) is 8.15. The van der Waals surface area contributed by atoms with Crippen LogP contribution in [0.15, 0.2) is 0 Å². The second kappa shape index (κ2) is 10.5. The fourth-order valence-electron chi connectivity index (χ4n) is 2.02. The van der Waals surface area contributed by atoms with Crippen molar-refractivity contribution in [2.45, 2.75) is 52.5 Å². The maximum atomic E-state index is 10.3. The Balaban J connectivity index is 3.76. The van der Waals surface area contributed by atoms with Crippen molar-refractivity contribution < 1.29 is 14.6 Å². The van der Waals surface area contributed by atoms with Crippen molar-refractivity contribution in [2.75, 3.05) is 26.3 Å². The average molecular weight is 245 g/mol. The summed E-state index contributed by atoms with van der Waals surface area (Å²) in [5, 5.41) is 8.47. The zero-order chi connectivity index (χ0) is 13.1. The molecule has 0 amide bonds. The van der Waals surface area contributed by atoms with Gasteiger partial charge < -0.3 is 9.84 Å². The molecule has 0 aliphatic rings. The van der Waals surface area contributed by atoms with Crippen molar-refractivity contribution in [3.05, 3.63) is 0 Å². The molecule has 0 spiro atoms. The van der Waals surface area contributed by atoms with Crippen LogP contribution in [0.1, 0.15) is 46.5 Å². The van der Waals surface area contributed by atoms with E-state index in [9.17, 15) is 4.79 Å². The number of hydrogen-bond acceptors (Lipinski definition) is 3. The first-order valence-corrected chi connectivity index (χ1v) is 6.69. The van der Waals surface area contributed by atoms with Crippen LogP contribution >= 0.6 is 0 Å². The van der Waals surface area contributed by atoms with Crippen molar-refractivity contribution >= 4 is 5.97 Å². The molecule has 1 N–H and O–H groups in total. The highest BCUT2D eigenvalue weighted by atomic mass is 16.5. The molecule has 0 bridgehead atoms. The van der Waals surface area contributed by atoms with Crippen molar-refractivity contribution in [3.63, 3.8) is 0 Å². The lowest BCUT2D eigenvalue weighted by Crippen LogP contribution is -2.37. The molecule has 0 rings (SSSR count). The number of nitrogens with zero attached hydrogens (tertiary/aromatic N) is 1. The van der Waals surface area contributed by atoms with E-state index in [1.165, 1.54) is 12.8 Å². The normalized spacial score (nSPS) is 12.9. The van der Waals surface area contributed by atoms with E-state index in [1.54, 1.807) is 0 Å². The molecule has 17 heavy (non-hydrogen) atoms. The molecule has 0 fully saturated rings. The third-order valence-corrected chi connectivity index (χ3v) is 3.00. The molecule has 102 valence electrons. The Hall–Kier alpha value is -0.610. The number of aliphatic carboxylic acids is 1. The Kier molecular flexibility index (Phi) is 10.2. The molecular weight excluding hydrogens is 218 g/mol. The highest BCUT2D eigenvalue weighted by Gasteiger charge is 2.13. The van der Waals surface area contributed by atoms with Crippen LogP contribution < -0.4 is 0 Å². The molecule has 4 heteroatoms. The number of hydrogen-bond donors (Lipinski definition) is 1. The van der Waals surface area contributed by atoms with E-state index in [1.807, 2.05) is 0 Å². The summed E-state index contributed by atoms with van der Waals surface area (Å²) in [6.45, 7) is 9.46. The second-order valence-corrected chi connectivity index (χ2v) is 4.24. The summed E-state index contributed by atoms with van der Waals surface area (Å²) in [7, 11) is 0. The Morgan fingerprint density at radius 3 is 2.47 bits per heavy atom. The summed E-state index contributed by atoms with van der Waals surface area (Å²) in [5.41, 5.74) is 0. The number of likely N-dealkylation sites (N-methyl/N-ethyl adjacent to an activating group) is 1. The van der Waals surface area contributed by atoms with Crippen LogP contribution in [0.2, 0.25) is 0 Å². The van der Waals surface area contributed by atoms with Crippen LogP contribution in [0, 0.1) is 0 Å². The van der Waals surface area contributed by atoms with Crippen molar-refractivity contribution in [3.8, 4) is 0 Å². The second-order valence-electron chi connectivity index (χ2n) is 4.24. The Bertz CT molecular complexity index is 197. The van der Waals surface area contributed by atoms with Crippen LogP contribution in [0.4, 0.5) is 0 Å². The molecule has 0 saturated carbocycles. The molecule has 0 aromatic carbocycles. The highest BCUT2D eigenvalue weighted by molar-refractivity contribution is 5.66. The Morgan fingerprint density at radius 1 is 1.29 bits per heavy atom. The van der Waals surface area contributed by atoms with Gasteiger partial charge in [0, 0.05) is 12.6 Å². The Labute approximate surface area is 105 Å². The van der Waals surface area contributed by atoms with E-state index in [0.29, 0.717) is 19.3 Å². The molecule has 0 aliphatic carbocycles. The van der Waals surface area contributed by atoms with E-state index in [-0.39, 0.29) is 6.42 Å². The maximum Gasteiger partial charge on any atom is 0.305 e. The van der Waals surface area contributed by atoms with Gasteiger partial charge in [0.2, 0.25) is 0 Å². The number of carboxylic acids is 1. The van der Waals surface area contributed by atoms with Crippen LogP contribution in [0.3, 0.4) is 0 Å². The van der Waals surface area contributed by atoms with Crippen molar-refractivity contribution in [2.24, 2.45) is 0 Å². The summed E-state index contributed by atoms with van der Waals surface area (Å²) in [6.07, 6.45) is 3.68. The van der Waals surface area contributed by atoms with Gasteiger partial charge in [-0.1, -0.05) is 27.2 Å². The minimum atomic E-state index is -0.797. The van der Waals surface area contributed by atoms with Crippen LogP contribution in [-0.4, -0.2) is 48.3 Å². The van der Waals surface area contributed by atoms with E-state index in [4.69, 9.17) is 9.84 Å². The van der Waals surface area contributed by atoms with Crippen molar-refractivity contribution in [1.82, 2.24) is 4.90 Å². The molecule has 0 aromatic rings. The zero-order valence-corrected chi connectivity index (χ0v) is 11.4. The molecule has 0 saturated heterocycles. The maximum absolute atomic E-state index is 10.3. The van der Waals surface area contributed by atoms with E-state index in [0.717, 1.165) is 19.5 Å². The molecule has 4 nitrogen and oxygen atoms in total.